The van der Waals surface area contributed by atoms with Crippen molar-refractivity contribution < 1.29 is 9.59 Å². The first-order chi connectivity index (χ1) is 12.1. The molecule has 2 amide bonds. The van der Waals surface area contributed by atoms with Crippen LogP contribution in [0.3, 0.4) is 0 Å². The predicted molar refractivity (Wildman–Crippen MR) is 97.1 cm³/mol. The largest absolute Gasteiger partial charge is 0.337 e. The predicted octanol–water partition coefficient (Wildman–Crippen LogP) is 3.38. The van der Waals surface area contributed by atoms with Crippen molar-refractivity contribution in [2.45, 2.75) is 6.42 Å². The highest BCUT2D eigenvalue weighted by Gasteiger charge is 2.24. The molecule has 0 saturated carbocycles. The highest BCUT2D eigenvalue weighted by atomic mass is 35.5. The van der Waals surface area contributed by atoms with Crippen molar-refractivity contribution >= 4 is 35.0 Å². The van der Waals surface area contributed by atoms with Crippen molar-refractivity contribution in [3.05, 3.63) is 63.9 Å². The number of aromatic nitrogens is 1. The van der Waals surface area contributed by atoms with Gasteiger partial charge >= 0.3 is 0 Å². The van der Waals surface area contributed by atoms with Gasteiger partial charge in [-0.1, -0.05) is 23.2 Å². The molecule has 0 bridgehead atoms. The number of nitrogens with zero attached hydrogens (tertiary/aromatic N) is 3. The number of carbonyl (C=O) groups is 2. The molecule has 1 fully saturated rings. The first-order valence-corrected chi connectivity index (χ1v) is 8.75. The molecule has 2 heterocycles. The van der Waals surface area contributed by atoms with Crippen LogP contribution in [0.4, 0.5) is 0 Å². The molecule has 1 aliphatic heterocycles. The molecule has 7 heteroatoms. The van der Waals surface area contributed by atoms with E-state index in [4.69, 9.17) is 23.2 Å². The van der Waals surface area contributed by atoms with Crippen LogP contribution in [0.2, 0.25) is 10.0 Å². The van der Waals surface area contributed by atoms with E-state index in [1.807, 2.05) is 0 Å². The topological polar surface area (TPSA) is 53.5 Å². The monoisotopic (exact) mass is 377 g/mol. The molecule has 3 rings (SSSR count). The van der Waals surface area contributed by atoms with Gasteiger partial charge in [-0.2, -0.15) is 0 Å². The van der Waals surface area contributed by atoms with E-state index in [0.29, 0.717) is 53.8 Å². The van der Waals surface area contributed by atoms with Crippen LogP contribution < -0.4 is 0 Å². The van der Waals surface area contributed by atoms with E-state index in [0.717, 1.165) is 0 Å². The minimum absolute atomic E-state index is 0.0440. The molecule has 25 heavy (non-hydrogen) atoms. The lowest BCUT2D eigenvalue weighted by molar-refractivity contribution is 0.0719. The molecule has 1 aliphatic rings. The first-order valence-electron chi connectivity index (χ1n) is 8.00. The second-order valence-electron chi connectivity index (χ2n) is 5.80. The summed E-state index contributed by atoms with van der Waals surface area (Å²) in [6.45, 7) is 2.11. The molecule has 1 aromatic heterocycles. The van der Waals surface area contributed by atoms with Gasteiger partial charge in [-0.25, -0.2) is 0 Å². The van der Waals surface area contributed by atoms with E-state index in [9.17, 15) is 9.59 Å². The van der Waals surface area contributed by atoms with Gasteiger partial charge in [0.05, 0.1) is 10.6 Å². The van der Waals surface area contributed by atoms with Crippen LogP contribution in [0.1, 0.15) is 27.1 Å². The van der Waals surface area contributed by atoms with Gasteiger partial charge < -0.3 is 9.80 Å². The smallest absolute Gasteiger partial charge is 0.255 e. The number of carbonyl (C=O) groups excluding carboxylic acids is 2. The average molecular weight is 378 g/mol. The van der Waals surface area contributed by atoms with Gasteiger partial charge in [0.15, 0.2) is 0 Å². The fraction of sp³-hybridized carbons (Fsp3) is 0.278. The third-order valence-corrected chi connectivity index (χ3v) is 4.72. The molecule has 0 aliphatic carbocycles. The molecule has 0 unspecified atom stereocenters. The fourth-order valence-corrected chi connectivity index (χ4v) is 3.20. The Hall–Kier alpha value is -2.11. The highest BCUT2D eigenvalue weighted by Crippen LogP contribution is 2.23. The molecule has 5 nitrogen and oxygen atoms in total. The van der Waals surface area contributed by atoms with Gasteiger partial charge in [0.1, 0.15) is 0 Å². The fourth-order valence-electron chi connectivity index (χ4n) is 2.83. The zero-order valence-corrected chi connectivity index (χ0v) is 15.0. The van der Waals surface area contributed by atoms with Crippen LogP contribution in [0, 0.1) is 0 Å². The van der Waals surface area contributed by atoms with Crippen LogP contribution in [-0.4, -0.2) is 52.8 Å². The van der Waals surface area contributed by atoms with E-state index in [1.54, 1.807) is 52.5 Å². The number of halogens is 2. The molecular formula is C18H17Cl2N3O2. The van der Waals surface area contributed by atoms with E-state index < -0.39 is 0 Å². The minimum Gasteiger partial charge on any atom is -0.337 e. The molecule has 2 aromatic rings. The molecule has 0 spiro atoms. The third-order valence-electron chi connectivity index (χ3n) is 4.16. The van der Waals surface area contributed by atoms with Gasteiger partial charge in [0, 0.05) is 49.2 Å². The van der Waals surface area contributed by atoms with E-state index in [2.05, 4.69) is 4.98 Å². The van der Waals surface area contributed by atoms with Crippen LogP contribution in [-0.2, 0) is 0 Å². The third kappa shape index (κ3) is 4.11. The van der Waals surface area contributed by atoms with E-state index >= 15 is 0 Å². The SMILES string of the molecule is O=C(c1ccncc1)N1CCCN(C(=O)c2cc(Cl)ccc2Cl)CC1. The van der Waals surface area contributed by atoms with Crippen molar-refractivity contribution in [2.24, 2.45) is 0 Å². The number of benzene rings is 1. The lowest BCUT2D eigenvalue weighted by Gasteiger charge is -2.22. The van der Waals surface area contributed by atoms with Gasteiger partial charge in [0.25, 0.3) is 11.8 Å². The van der Waals surface area contributed by atoms with Gasteiger partial charge in [-0.15, -0.1) is 0 Å². The van der Waals surface area contributed by atoms with Gasteiger partial charge in [0.2, 0.25) is 0 Å². The van der Waals surface area contributed by atoms with Crippen molar-refractivity contribution in [3.8, 4) is 0 Å². The van der Waals surface area contributed by atoms with Gasteiger partial charge in [-0.3, -0.25) is 14.6 Å². The number of hydrogen-bond acceptors (Lipinski definition) is 3. The maximum atomic E-state index is 12.7. The number of hydrogen-bond donors (Lipinski definition) is 0. The maximum Gasteiger partial charge on any atom is 0.255 e. The van der Waals surface area contributed by atoms with Gasteiger partial charge in [-0.05, 0) is 36.8 Å². The Morgan fingerprint density at radius 3 is 2.20 bits per heavy atom. The molecular weight excluding hydrogens is 361 g/mol. The number of pyridine rings is 1. The van der Waals surface area contributed by atoms with Crippen molar-refractivity contribution in [1.29, 1.82) is 0 Å². The van der Waals surface area contributed by atoms with Crippen LogP contribution in [0.15, 0.2) is 42.7 Å². The zero-order valence-electron chi connectivity index (χ0n) is 13.5. The second kappa shape index (κ2) is 7.85. The van der Waals surface area contributed by atoms with Crippen molar-refractivity contribution in [3.63, 3.8) is 0 Å². The first kappa shape index (κ1) is 17.7. The molecule has 1 saturated heterocycles. The molecule has 0 N–H and O–H groups in total. The summed E-state index contributed by atoms with van der Waals surface area (Å²) in [4.78, 5) is 32.7. The summed E-state index contributed by atoms with van der Waals surface area (Å²) in [5, 5.41) is 0.848. The number of amides is 2. The average Bonchev–Trinajstić information content (AvgIpc) is 2.89. The molecule has 130 valence electrons. The minimum atomic E-state index is -0.161. The Kier molecular flexibility index (Phi) is 5.56. The highest BCUT2D eigenvalue weighted by molar-refractivity contribution is 6.35. The summed E-state index contributed by atoms with van der Waals surface area (Å²) in [7, 11) is 0. The van der Waals surface area contributed by atoms with E-state index in [1.165, 1.54) is 0 Å². The standard InChI is InChI=1S/C18H17Cl2N3O2/c19-14-2-3-16(20)15(12-14)18(25)23-9-1-8-22(10-11-23)17(24)13-4-6-21-7-5-13/h2-7,12H,1,8-11H2. The summed E-state index contributed by atoms with van der Waals surface area (Å²) in [6.07, 6.45) is 3.91. The quantitative estimate of drug-likeness (QED) is 0.805. The molecule has 1 aromatic carbocycles. The number of rotatable bonds is 2. The Labute approximate surface area is 156 Å². The molecule has 0 radical (unpaired) electrons. The van der Waals surface area contributed by atoms with Crippen molar-refractivity contribution in [1.82, 2.24) is 14.8 Å². The van der Waals surface area contributed by atoms with Crippen LogP contribution in [0.25, 0.3) is 0 Å². The summed E-state index contributed by atoms with van der Waals surface area (Å²) in [6, 6.07) is 8.24. The summed E-state index contributed by atoms with van der Waals surface area (Å²) in [5.41, 5.74) is 0.996. The van der Waals surface area contributed by atoms with E-state index in [-0.39, 0.29) is 11.8 Å². The Bertz CT molecular complexity index is 783. The van der Waals surface area contributed by atoms with Crippen LogP contribution in [0.5, 0.6) is 0 Å². The lowest BCUT2D eigenvalue weighted by atomic mass is 10.2. The van der Waals surface area contributed by atoms with Crippen molar-refractivity contribution in [2.75, 3.05) is 26.2 Å². The summed E-state index contributed by atoms with van der Waals surface area (Å²) >= 11 is 12.1. The Morgan fingerprint density at radius 2 is 1.52 bits per heavy atom. The normalized spacial score (nSPS) is 15.0. The Morgan fingerprint density at radius 1 is 0.880 bits per heavy atom. The summed E-state index contributed by atoms with van der Waals surface area (Å²) < 4.78 is 0. The molecule has 0 atom stereocenters. The summed E-state index contributed by atoms with van der Waals surface area (Å²) in [5.74, 6) is -0.205. The second-order valence-corrected chi connectivity index (χ2v) is 6.64. The maximum absolute atomic E-state index is 12.7. The lowest BCUT2D eigenvalue weighted by Crippen LogP contribution is -2.37. The van der Waals surface area contributed by atoms with Crippen LogP contribution >= 0.6 is 23.2 Å². The zero-order chi connectivity index (χ0) is 17.8. The Balaban J connectivity index is 1.70.